The summed E-state index contributed by atoms with van der Waals surface area (Å²) >= 11 is 0. The number of allylic oxidation sites excluding steroid dienone is 2. The van der Waals surface area contributed by atoms with Crippen molar-refractivity contribution in [1.82, 2.24) is 0 Å². The van der Waals surface area contributed by atoms with Crippen LogP contribution in [0, 0.1) is 18.3 Å². The minimum Gasteiger partial charge on any atom is -1.00 e. The second kappa shape index (κ2) is 3.76. The number of halogens is 1. The van der Waals surface area contributed by atoms with Crippen LogP contribution in [0.25, 0.3) is 0 Å². The monoisotopic (exact) mass is 258 g/mol. The molecule has 2 unspecified atom stereocenters. The average molecular weight is 258 g/mol. The van der Waals surface area contributed by atoms with Crippen molar-refractivity contribution in [2.75, 3.05) is 0 Å². The van der Waals surface area contributed by atoms with Gasteiger partial charge in [-0.25, -0.2) is 0 Å². The molecule has 1 saturated carbocycles. The Morgan fingerprint density at radius 2 is 2.20 bits per heavy atom. The van der Waals surface area contributed by atoms with E-state index in [9.17, 15) is 0 Å². The fourth-order valence-electron chi connectivity index (χ4n) is 1.85. The van der Waals surface area contributed by atoms with Crippen molar-refractivity contribution < 1.29 is 24.0 Å². The van der Waals surface area contributed by atoms with Gasteiger partial charge in [-0.1, -0.05) is 18.9 Å². The van der Waals surface area contributed by atoms with E-state index < -0.39 is 0 Å². The molecule has 0 amide bonds. The predicted octanol–water partition coefficient (Wildman–Crippen LogP) is -1.20. The molecule has 2 bridgehead atoms. The normalized spacial score (nSPS) is 40.7. The van der Waals surface area contributed by atoms with E-state index in [1.165, 1.54) is 19.3 Å². The van der Waals surface area contributed by atoms with Gasteiger partial charge in [-0.3, -0.25) is 0 Å². The third-order valence-corrected chi connectivity index (χ3v) is 2.40. The molecule has 10 heavy (non-hydrogen) atoms. The smallest absolute Gasteiger partial charge is 1.00 e. The number of hydrogen-bond donors (Lipinski definition) is 0. The maximum atomic E-state index is 4.14. The number of hydrogen-bond acceptors (Lipinski definition) is 0. The molecule has 2 atom stereocenters. The van der Waals surface area contributed by atoms with Gasteiger partial charge in [0.05, 0.1) is 0 Å². The van der Waals surface area contributed by atoms with E-state index in [0.29, 0.717) is 5.41 Å². The summed E-state index contributed by atoms with van der Waals surface area (Å²) < 4.78 is 0. The second-order valence-corrected chi connectivity index (χ2v) is 3.22. The molecule has 2 aliphatic carbocycles. The molecule has 0 aromatic carbocycles. The molecule has 0 radical (unpaired) electrons. The summed E-state index contributed by atoms with van der Waals surface area (Å²) in [6, 6.07) is 0. The minimum absolute atomic E-state index is 0. The van der Waals surface area contributed by atoms with Crippen molar-refractivity contribution in [3.63, 3.8) is 0 Å². The van der Waals surface area contributed by atoms with E-state index in [1.54, 1.807) is 0 Å². The molecule has 0 aromatic heterocycles. The Balaban J connectivity index is 0.000000405. The maximum absolute atomic E-state index is 4.14. The van der Waals surface area contributed by atoms with Crippen molar-refractivity contribution >= 4 is 23.1 Å². The van der Waals surface area contributed by atoms with Gasteiger partial charge in [0.15, 0.2) is 0 Å². The fourth-order valence-corrected chi connectivity index (χ4v) is 1.85. The Hall–Kier alpha value is 1.24. The zero-order valence-corrected chi connectivity index (χ0v) is 9.72. The van der Waals surface area contributed by atoms with Gasteiger partial charge in [0.25, 0.3) is 0 Å². The molecule has 0 aliphatic heterocycles. The standard InChI is InChI=1S/C8H11.HI.Mg/c1-8-4-2-7(6-8)3-5-8;;/h2,4,7H,1,3,5-6H2;1H;/q-1;;+2/p-1. The molecular weight excluding hydrogens is 247 g/mol. The number of fused-ring (bicyclic) bond motifs is 2. The van der Waals surface area contributed by atoms with Gasteiger partial charge in [-0.2, -0.15) is 0 Å². The summed E-state index contributed by atoms with van der Waals surface area (Å²) in [6.07, 6.45) is 8.67. The van der Waals surface area contributed by atoms with Gasteiger partial charge in [-0.15, -0.1) is 11.5 Å². The third kappa shape index (κ3) is 1.88. The molecule has 2 rings (SSSR count). The van der Waals surface area contributed by atoms with Crippen molar-refractivity contribution in [1.29, 1.82) is 0 Å². The van der Waals surface area contributed by atoms with Crippen LogP contribution < -0.4 is 24.0 Å². The van der Waals surface area contributed by atoms with Crippen LogP contribution in [0.15, 0.2) is 12.2 Å². The minimum atomic E-state index is 0. The Morgan fingerprint density at radius 3 is 2.30 bits per heavy atom. The van der Waals surface area contributed by atoms with Crippen LogP contribution in [0.4, 0.5) is 0 Å². The Kier molecular flexibility index (Phi) is 4.23. The molecule has 0 saturated heterocycles. The van der Waals surface area contributed by atoms with Crippen molar-refractivity contribution in [2.24, 2.45) is 11.3 Å². The first kappa shape index (κ1) is 11.2. The van der Waals surface area contributed by atoms with Crippen LogP contribution in [-0.4, -0.2) is 23.1 Å². The summed E-state index contributed by atoms with van der Waals surface area (Å²) in [5.74, 6) is 0.896. The SMILES string of the molecule is [CH2-]C12C=CC(CC1)C2.[I-].[Mg+2]. The van der Waals surface area contributed by atoms with Crippen LogP contribution in [0.2, 0.25) is 0 Å². The fraction of sp³-hybridized carbons (Fsp3) is 0.625. The quantitative estimate of drug-likeness (QED) is 0.222. The first-order valence-electron chi connectivity index (χ1n) is 3.33. The molecule has 0 heterocycles. The molecule has 1 fully saturated rings. The van der Waals surface area contributed by atoms with Gasteiger partial charge < -0.3 is 30.9 Å². The van der Waals surface area contributed by atoms with Crippen molar-refractivity contribution in [3.05, 3.63) is 19.1 Å². The summed E-state index contributed by atoms with van der Waals surface area (Å²) in [6.45, 7) is 4.14. The van der Waals surface area contributed by atoms with E-state index in [1.807, 2.05) is 0 Å². The molecule has 0 aromatic rings. The van der Waals surface area contributed by atoms with Gasteiger partial charge >= 0.3 is 23.1 Å². The van der Waals surface area contributed by atoms with Gasteiger partial charge in [0.2, 0.25) is 0 Å². The van der Waals surface area contributed by atoms with Gasteiger partial charge in [0.1, 0.15) is 0 Å². The Labute approximate surface area is 96.0 Å². The topological polar surface area (TPSA) is 0 Å². The number of rotatable bonds is 0. The van der Waals surface area contributed by atoms with Crippen molar-refractivity contribution in [2.45, 2.75) is 19.3 Å². The van der Waals surface area contributed by atoms with Crippen LogP contribution in [0.1, 0.15) is 19.3 Å². The van der Waals surface area contributed by atoms with Crippen LogP contribution in [0.3, 0.4) is 0 Å². The summed E-state index contributed by atoms with van der Waals surface area (Å²) in [5, 5.41) is 0. The predicted molar refractivity (Wildman–Crippen MR) is 40.0 cm³/mol. The third-order valence-electron chi connectivity index (χ3n) is 2.40. The molecular formula is C8H11IMg. The van der Waals surface area contributed by atoms with Crippen LogP contribution >= 0.6 is 0 Å². The average Bonchev–Trinajstić information content (AvgIpc) is 2.21. The van der Waals surface area contributed by atoms with Crippen molar-refractivity contribution in [3.8, 4) is 0 Å². The largest absolute Gasteiger partial charge is 2.00 e. The molecule has 52 valence electrons. The zero-order valence-electron chi connectivity index (χ0n) is 6.15. The van der Waals surface area contributed by atoms with E-state index in [2.05, 4.69) is 19.1 Å². The summed E-state index contributed by atoms with van der Waals surface area (Å²) in [4.78, 5) is 0. The van der Waals surface area contributed by atoms with E-state index in [0.717, 1.165) is 5.92 Å². The Morgan fingerprint density at radius 1 is 1.50 bits per heavy atom. The molecule has 0 nitrogen and oxygen atoms in total. The molecule has 0 N–H and O–H groups in total. The first-order valence-corrected chi connectivity index (χ1v) is 3.33. The van der Waals surface area contributed by atoms with Gasteiger partial charge in [0, 0.05) is 0 Å². The van der Waals surface area contributed by atoms with Gasteiger partial charge in [-0.05, 0) is 12.3 Å². The molecule has 2 aliphatic rings. The maximum Gasteiger partial charge on any atom is 2.00 e. The first-order chi connectivity index (χ1) is 3.79. The molecule has 0 spiro atoms. The van der Waals surface area contributed by atoms with Crippen LogP contribution in [-0.2, 0) is 0 Å². The van der Waals surface area contributed by atoms with Crippen LogP contribution in [0.5, 0.6) is 0 Å². The second-order valence-electron chi connectivity index (χ2n) is 3.22. The summed E-state index contributed by atoms with van der Waals surface area (Å²) in [7, 11) is 0. The summed E-state index contributed by atoms with van der Waals surface area (Å²) in [5.41, 5.74) is 0.380. The van der Waals surface area contributed by atoms with E-state index in [4.69, 9.17) is 0 Å². The van der Waals surface area contributed by atoms with E-state index >= 15 is 0 Å². The molecule has 2 heteroatoms. The Bertz CT molecular complexity index is 144. The zero-order chi connectivity index (χ0) is 5.61. The van der Waals surface area contributed by atoms with E-state index in [-0.39, 0.29) is 47.0 Å².